The third kappa shape index (κ3) is 2.88. The van der Waals surface area contributed by atoms with Crippen molar-refractivity contribution in [2.75, 3.05) is 20.1 Å². The zero-order valence-corrected chi connectivity index (χ0v) is 10.5. The quantitative estimate of drug-likeness (QED) is 0.872. The molecule has 1 heterocycles. The molecule has 1 aliphatic heterocycles. The van der Waals surface area contributed by atoms with Gasteiger partial charge in [-0.3, -0.25) is 4.79 Å². The van der Waals surface area contributed by atoms with Crippen molar-refractivity contribution in [1.82, 2.24) is 10.2 Å². The Labute approximate surface area is 107 Å². The molecule has 1 aromatic rings. The molecular formula is C14H17N3O. The molecule has 1 saturated heterocycles. The minimum atomic E-state index is -0.0696. The highest BCUT2D eigenvalue weighted by Crippen LogP contribution is 2.13. The first-order chi connectivity index (χ1) is 8.70. The van der Waals surface area contributed by atoms with Crippen molar-refractivity contribution in [3.63, 3.8) is 0 Å². The summed E-state index contributed by atoms with van der Waals surface area (Å²) >= 11 is 0. The van der Waals surface area contributed by atoms with E-state index in [0.29, 0.717) is 23.7 Å². The van der Waals surface area contributed by atoms with Gasteiger partial charge in [0, 0.05) is 18.2 Å². The highest BCUT2D eigenvalue weighted by Gasteiger charge is 2.21. The van der Waals surface area contributed by atoms with Gasteiger partial charge in [-0.25, -0.2) is 0 Å². The van der Waals surface area contributed by atoms with E-state index < -0.39 is 0 Å². The number of hydrogen-bond donors (Lipinski definition) is 1. The van der Waals surface area contributed by atoms with Gasteiger partial charge >= 0.3 is 0 Å². The summed E-state index contributed by atoms with van der Waals surface area (Å²) in [7, 11) is 2.09. The summed E-state index contributed by atoms with van der Waals surface area (Å²) in [6.45, 7) is 1.80. The number of likely N-dealkylation sites (tertiary alicyclic amines) is 1. The van der Waals surface area contributed by atoms with E-state index in [9.17, 15) is 4.79 Å². The summed E-state index contributed by atoms with van der Waals surface area (Å²) in [4.78, 5) is 14.2. The van der Waals surface area contributed by atoms with Gasteiger partial charge in [-0.05, 0) is 50.7 Å². The molecule has 4 nitrogen and oxygen atoms in total. The smallest absolute Gasteiger partial charge is 0.251 e. The van der Waals surface area contributed by atoms with Crippen LogP contribution in [-0.4, -0.2) is 37.0 Å². The average molecular weight is 243 g/mol. The van der Waals surface area contributed by atoms with Crippen molar-refractivity contribution in [3.05, 3.63) is 35.4 Å². The van der Waals surface area contributed by atoms with E-state index in [0.717, 1.165) is 13.0 Å². The van der Waals surface area contributed by atoms with Crippen LogP contribution >= 0.6 is 0 Å². The van der Waals surface area contributed by atoms with Gasteiger partial charge in [0.25, 0.3) is 5.91 Å². The third-order valence-corrected chi connectivity index (χ3v) is 3.45. The minimum absolute atomic E-state index is 0.0696. The topological polar surface area (TPSA) is 56.1 Å². The Hall–Kier alpha value is -1.86. The second-order valence-corrected chi connectivity index (χ2v) is 4.68. The lowest BCUT2D eigenvalue weighted by molar-refractivity contribution is 0.0943. The summed E-state index contributed by atoms with van der Waals surface area (Å²) < 4.78 is 0. The molecule has 1 fully saturated rings. The first-order valence-electron chi connectivity index (χ1n) is 6.19. The van der Waals surface area contributed by atoms with Crippen molar-refractivity contribution in [2.24, 2.45) is 0 Å². The van der Waals surface area contributed by atoms with Crippen molar-refractivity contribution in [3.8, 4) is 6.07 Å². The van der Waals surface area contributed by atoms with Crippen LogP contribution in [0, 0.1) is 11.3 Å². The Morgan fingerprint density at radius 1 is 1.50 bits per heavy atom. The summed E-state index contributed by atoms with van der Waals surface area (Å²) in [6, 6.07) is 9.19. The lowest BCUT2D eigenvalue weighted by atomic mass is 10.1. The summed E-state index contributed by atoms with van der Waals surface area (Å²) in [5.41, 5.74) is 1.18. The van der Waals surface area contributed by atoms with E-state index in [-0.39, 0.29) is 5.91 Å². The van der Waals surface area contributed by atoms with Gasteiger partial charge in [-0.15, -0.1) is 0 Å². The van der Waals surface area contributed by atoms with Crippen LogP contribution in [0.4, 0.5) is 0 Å². The zero-order valence-electron chi connectivity index (χ0n) is 10.5. The Morgan fingerprint density at radius 2 is 2.22 bits per heavy atom. The number of nitrogens with one attached hydrogen (secondary N) is 1. The number of hydrogen-bond acceptors (Lipinski definition) is 3. The van der Waals surface area contributed by atoms with Crippen LogP contribution in [0.15, 0.2) is 24.3 Å². The maximum absolute atomic E-state index is 11.9. The van der Waals surface area contributed by atoms with Gasteiger partial charge in [0.1, 0.15) is 0 Å². The number of likely N-dealkylation sites (N-methyl/N-ethyl adjacent to an activating group) is 1. The molecule has 0 aliphatic carbocycles. The molecule has 94 valence electrons. The molecule has 18 heavy (non-hydrogen) atoms. The number of benzene rings is 1. The minimum Gasteiger partial charge on any atom is -0.350 e. The van der Waals surface area contributed by atoms with Crippen LogP contribution in [-0.2, 0) is 0 Å². The van der Waals surface area contributed by atoms with Crippen molar-refractivity contribution in [2.45, 2.75) is 18.9 Å². The first-order valence-corrected chi connectivity index (χ1v) is 6.19. The van der Waals surface area contributed by atoms with E-state index in [1.165, 1.54) is 6.42 Å². The number of rotatable bonds is 3. The van der Waals surface area contributed by atoms with Crippen LogP contribution < -0.4 is 5.32 Å². The standard InChI is InChI=1S/C14H17N3O/c1-17-8-2-3-13(17)10-16-14(18)12-6-4-11(9-15)5-7-12/h4-7,13H,2-3,8,10H2,1H3,(H,16,18). The Bertz CT molecular complexity index is 461. The zero-order chi connectivity index (χ0) is 13.0. The fourth-order valence-corrected chi connectivity index (χ4v) is 2.25. The molecule has 0 bridgehead atoms. The summed E-state index contributed by atoms with van der Waals surface area (Å²) in [6.07, 6.45) is 2.35. The van der Waals surface area contributed by atoms with Crippen molar-refractivity contribution >= 4 is 5.91 Å². The van der Waals surface area contributed by atoms with Gasteiger partial charge < -0.3 is 10.2 Å². The van der Waals surface area contributed by atoms with E-state index >= 15 is 0 Å². The maximum atomic E-state index is 11.9. The normalized spacial score (nSPS) is 19.4. The van der Waals surface area contributed by atoms with E-state index in [1.807, 2.05) is 6.07 Å². The number of nitriles is 1. The van der Waals surface area contributed by atoms with E-state index in [2.05, 4.69) is 17.3 Å². The Balaban J connectivity index is 1.89. The molecule has 1 unspecified atom stereocenters. The molecule has 4 heteroatoms. The van der Waals surface area contributed by atoms with Crippen LogP contribution in [0.1, 0.15) is 28.8 Å². The first kappa shape index (κ1) is 12.6. The highest BCUT2D eigenvalue weighted by atomic mass is 16.1. The van der Waals surface area contributed by atoms with E-state index in [1.54, 1.807) is 24.3 Å². The number of carbonyl (C=O) groups is 1. The molecule has 0 aromatic heterocycles. The highest BCUT2D eigenvalue weighted by molar-refractivity contribution is 5.94. The number of nitrogens with zero attached hydrogens (tertiary/aromatic N) is 2. The van der Waals surface area contributed by atoms with Crippen molar-refractivity contribution in [1.29, 1.82) is 5.26 Å². The lowest BCUT2D eigenvalue weighted by Gasteiger charge is -2.19. The molecule has 1 aliphatic rings. The van der Waals surface area contributed by atoms with Crippen molar-refractivity contribution < 1.29 is 4.79 Å². The van der Waals surface area contributed by atoms with Crippen LogP contribution in [0.25, 0.3) is 0 Å². The lowest BCUT2D eigenvalue weighted by Crippen LogP contribution is -2.38. The molecule has 2 rings (SSSR count). The number of carbonyl (C=O) groups excluding carboxylic acids is 1. The fourth-order valence-electron chi connectivity index (χ4n) is 2.25. The van der Waals surface area contributed by atoms with Crippen LogP contribution in [0.2, 0.25) is 0 Å². The summed E-state index contributed by atoms with van der Waals surface area (Å²) in [5, 5.41) is 11.6. The Morgan fingerprint density at radius 3 is 2.78 bits per heavy atom. The monoisotopic (exact) mass is 243 g/mol. The average Bonchev–Trinajstić information content (AvgIpc) is 2.81. The molecule has 1 N–H and O–H groups in total. The molecule has 0 spiro atoms. The van der Waals surface area contributed by atoms with Gasteiger partial charge in [-0.2, -0.15) is 5.26 Å². The van der Waals surface area contributed by atoms with Gasteiger partial charge in [-0.1, -0.05) is 0 Å². The van der Waals surface area contributed by atoms with Gasteiger partial charge in [0.2, 0.25) is 0 Å². The maximum Gasteiger partial charge on any atom is 0.251 e. The fraction of sp³-hybridized carbons (Fsp3) is 0.429. The second-order valence-electron chi connectivity index (χ2n) is 4.68. The predicted molar refractivity (Wildman–Crippen MR) is 69.1 cm³/mol. The summed E-state index contributed by atoms with van der Waals surface area (Å²) in [5.74, 6) is -0.0696. The Kier molecular flexibility index (Phi) is 3.96. The third-order valence-electron chi connectivity index (χ3n) is 3.45. The molecule has 0 saturated carbocycles. The SMILES string of the molecule is CN1CCCC1CNC(=O)c1ccc(C#N)cc1. The molecular weight excluding hydrogens is 226 g/mol. The predicted octanol–water partition coefficient (Wildman–Crippen LogP) is 1.38. The molecule has 0 radical (unpaired) electrons. The van der Waals surface area contributed by atoms with E-state index in [4.69, 9.17) is 5.26 Å². The molecule has 1 atom stereocenters. The second kappa shape index (κ2) is 5.65. The molecule has 1 aromatic carbocycles. The largest absolute Gasteiger partial charge is 0.350 e. The van der Waals surface area contributed by atoms with Gasteiger partial charge in [0.15, 0.2) is 0 Å². The number of amides is 1. The molecule has 1 amide bonds. The van der Waals surface area contributed by atoms with Crippen LogP contribution in [0.3, 0.4) is 0 Å². The van der Waals surface area contributed by atoms with Crippen LogP contribution in [0.5, 0.6) is 0 Å². The van der Waals surface area contributed by atoms with Gasteiger partial charge in [0.05, 0.1) is 11.6 Å².